The molecule has 0 saturated heterocycles. The van der Waals surface area contributed by atoms with Gasteiger partial charge in [-0.2, -0.15) is 0 Å². The Kier molecular flexibility index (Phi) is 4.16. The number of carboxylic acids is 1. The summed E-state index contributed by atoms with van der Waals surface area (Å²) in [6, 6.07) is 0.617. The number of amides is 2. The zero-order chi connectivity index (χ0) is 14.7. The molecule has 1 aromatic carbocycles. The molecule has 0 spiro atoms. The Morgan fingerprint density at radius 2 is 1.80 bits per heavy atom. The Morgan fingerprint density at radius 3 is 2.40 bits per heavy atom. The van der Waals surface area contributed by atoms with Gasteiger partial charge in [0.05, 0.1) is 11.3 Å². The lowest BCUT2D eigenvalue weighted by Crippen LogP contribution is -2.36. The van der Waals surface area contributed by atoms with Crippen molar-refractivity contribution in [1.82, 2.24) is 5.32 Å². The fourth-order valence-corrected chi connectivity index (χ4v) is 2.22. The fourth-order valence-electron chi connectivity index (χ4n) is 2.22. The van der Waals surface area contributed by atoms with Crippen LogP contribution in [0.15, 0.2) is 12.1 Å². The van der Waals surface area contributed by atoms with Gasteiger partial charge in [0, 0.05) is 12.1 Å². The van der Waals surface area contributed by atoms with E-state index in [1.165, 1.54) is 0 Å². The van der Waals surface area contributed by atoms with Gasteiger partial charge in [-0.05, 0) is 18.9 Å². The maximum Gasteiger partial charge on any atom is 0.338 e. The van der Waals surface area contributed by atoms with Crippen LogP contribution in [0.5, 0.6) is 0 Å². The molecule has 0 aliphatic heterocycles. The van der Waals surface area contributed by atoms with Crippen LogP contribution in [0.2, 0.25) is 0 Å². The number of carbonyl (C=O) groups is 2. The molecule has 0 unspecified atom stereocenters. The van der Waals surface area contributed by atoms with Gasteiger partial charge >= 0.3 is 12.0 Å². The molecule has 5 nitrogen and oxygen atoms in total. The summed E-state index contributed by atoms with van der Waals surface area (Å²) in [5.74, 6) is -3.73. The Balaban J connectivity index is 2.09. The van der Waals surface area contributed by atoms with E-state index in [-0.39, 0.29) is 11.7 Å². The minimum atomic E-state index is -1.53. The van der Waals surface area contributed by atoms with Crippen LogP contribution in [0.1, 0.15) is 36.0 Å². The molecule has 7 heteroatoms. The van der Waals surface area contributed by atoms with Crippen molar-refractivity contribution < 1.29 is 23.5 Å². The van der Waals surface area contributed by atoms with E-state index in [1.54, 1.807) is 0 Å². The third-order valence-corrected chi connectivity index (χ3v) is 3.23. The molecule has 0 radical (unpaired) electrons. The Labute approximate surface area is 114 Å². The summed E-state index contributed by atoms with van der Waals surface area (Å²) in [5.41, 5.74) is -1.05. The minimum Gasteiger partial charge on any atom is -0.478 e. The Bertz CT molecular complexity index is 543. The number of carboxylic acid groups (broad SMARTS) is 1. The molecule has 2 amide bonds. The molecule has 108 valence electrons. The molecular formula is C13H14F2N2O3. The van der Waals surface area contributed by atoms with Gasteiger partial charge in [-0.15, -0.1) is 0 Å². The number of hydrogen-bond donors (Lipinski definition) is 3. The molecule has 1 aromatic rings. The molecule has 0 atom stereocenters. The fraction of sp³-hybridized carbons (Fsp3) is 0.385. The van der Waals surface area contributed by atoms with E-state index in [4.69, 9.17) is 5.11 Å². The van der Waals surface area contributed by atoms with E-state index in [0.717, 1.165) is 31.7 Å². The van der Waals surface area contributed by atoms with Crippen LogP contribution in [-0.4, -0.2) is 23.1 Å². The molecule has 1 aliphatic rings. The van der Waals surface area contributed by atoms with Crippen LogP contribution >= 0.6 is 0 Å². The van der Waals surface area contributed by atoms with E-state index in [1.807, 2.05) is 0 Å². The zero-order valence-electron chi connectivity index (χ0n) is 10.6. The summed E-state index contributed by atoms with van der Waals surface area (Å²) >= 11 is 0. The van der Waals surface area contributed by atoms with Gasteiger partial charge in [-0.3, -0.25) is 0 Å². The SMILES string of the molecule is O=C(Nc1cc(C(=O)O)c(F)cc1F)NC1CCCC1. The summed E-state index contributed by atoms with van der Waals surface area (Å²) in [5, 5.41) is 13.6. The number of aromatic carboxylic acids is 1. The van der Waals surface area contributed by atoms with Crippen molar-refractivity contribution in [3.63, 3.8) is 0 Å². The molecule has 20 heavy (non-hydrogen) atoms. The average Bonchev–Trinajstić information content (AvgIpc) is 2.84. The van der Waals surface area contributed by atoms with Crippen molar-refractivity contribution in [2.45, 2.75) is 31.7 Å². The van der Waals surface area contributed by atoms with Gasteiger partial charge in [0.15, 0.2) is 0 Å². The van der Waals surface area contributed by atoms with Crippen LogP contribution < -0.4 is 10.6 Å². The third-order valence-electron chi connectivity index (χ3n) is 3.23. The summed E-state index contributed by atoms with van der Waals surface area (Å²) in [6.07, 6.45) is 3.78. The summed E-state index contributed by atoms with van der Waals surface area (Å²) in [7, 11) is 0. The lowest BCUT2D eigenvalue weighted by molar-refractivity contribution is 0.0692. The maximum atomic E-state index is 13.5. The summed E-state index contributed by atoms with van der Waals surface area (Å²) in [4.78, 5) is 22.4. The molecule has 3 N–H and O–H groups in total. The number of benzene rings is 1. The molecule has 1 aliphatic carbocycles. The summed E-state index contributed by atoms with van der Waals surface area (Å²) < 4.78 is 26.7. The quantitative estimate of drug-likeness (QED) is 0.798. The van der Waals surface area contributed by atoms with Crippen molar-refractivity contribution >= 4 is 17.7 Å². The van der Waals surface area contributed by atoms with Gasteiger partial charge in [-0.25, -0.2) is 18.4 Å². The molecule has 2 rings (SSSR count). The largest absolute Gasteiger partial charge is 0.478 e. The van der Waals surface area contributed by atoms with E-state index in [0.29, 0.717) is 6.07 Å². The van der Waals surface area contributed by atoms with Gasteiger partial charge in [0.2, 0.25) is 0 Å². The van der Waals surface area contributed by atoms with Crippen molar-refractivity contribution in [1.29, 1.82) is 0 Å². The number of rotatable bonds is 3. The maximum absolute atomic E-state index is 13.5. The van der Waals surface area contributed by atoms with Crippen LogP contribution in [0.4, 0.5) is 19.3 Å². The summed E-state index contributed by atoms with van der Waals surface area (Å²) in [6.45, 7) is 0. The molecule has 1 fully saturated rings. The average molecular weight is 284 g/mol. The zero-order valence-corrected chi connectivity index (χ0v) is 10.6. The van der Waals surface area contributed by atoms with Crippen molar-refractivity contribution in [2.75, 3.05) is 5.32 Å². The van der Waals surface area contributed by atoms with E-state index in [2.05, 4.69) is 10.6 Å². The first-order valence-electron chi connectivity index (χ1n) is 6.27. The smallest absolute Gasteiger partial charge is 0.338 e. The lowest BCUT2D eigenvalue weighted by Gasteiger charge is -2.13. The number of hydrogen-bond acceptors (Lipinski definition) is 2. The molecular weight excluding hydrogens is 270 g/mol. The van der Waals surface area contributed by atoms with E-state index >= 15 is 0 Å². The van der Waals surface area contributed by atoms with Gasteiger partial charge in [-0.1, -0.05) is 12.8 Å². The second-order valence-electron chi connectivity index (χ2n) is 4.70. The minimum absolute atomic E-state index is 0.0393. The normalized spacial score (nSPS) is 15.1. The van der Waals surface area contributed by atoms with E-state index in [9.17, 15) is 18.4 Å². The van der Waals surface area contributed by atoms with Crippen molar-refractivity contribution in [3.05, 3.63) is 29.3 Å². The highest BCUT2D eigenvalue weighted by atomic mass is 19.1. The highest BCUT2D eigenvalue weighted by Gasteiger charge is 2.19. The lowest BCUT2D eigenvalue weighted by atomic mass is 10.2. The van der Waals surface area contributed by atoms with Crippen molar-refractivity contribution in [3.8, 4) is 0 Å². The van der Waals surface area contributed by atoms with Crippen LogP contribution in [0.25, 0.3) is 0 Å². The molecule has 0 aromatic heterocycles. The third kappa shape index (κ3) is 3.23. The molecule has 0 bridgehead atoms. The first-order valence-corrected chi connectivity index (χ1v) is 6.27. The second kappa shape index (κ2) is 5.85. The Hall–Kier alpha value is -2.18. The molecule has 0 heterocycles. The van der Waals surface area contributed by atoms with Crippen molar-refractivity contribution in [2.24, 2.45) is 0 Å². The van der Waals surface area contributed by atoms with Gasteiger partial charge in [0.25, 0.3) is 0 Å². The molecule has 1 saturated carbocycles. The number of halogens is 2. The Morgan fingerprint density at radius 1 is 1.15 bits per heavy atom. The highest BCUT2D eigenvalue weighted by Crippen LogP contribution is 2.21. The van der Waals surface area contributed by atoms with Gasteiger partial charge < -0.3 is 15.7 Å². The number of anilines is 1. The van der Waals surface area contributed by atoms with Gasteiger partial charge in [0.1, 0.15) is 11.6 Å². The monoisotopic (exact) mass is 284 g/mol. The standard InChI is InChI=1S/C13H14F2N2O3/c14-9-6-10(15)11(5-8(9)12(18)19)17-13(20)16-7-3-1-2-4-7/h5-7H,1-4H2,(H,18,19)(H2,16,17,20). The van der Waals surface area contributed by atoms with Crippen LogP contribution in [-0.2, 0) is 0 Å². The number of carbonyl (C=O) groups excluding carboxylic acids is 1. The van der Waals surface area contributed by atoms with Crippen LogP contribution in [0.3, 0.4) is 0 Å². The highest BCUT2D eigenvalue weighted by molar-refractivity contribution is 5.93. The predicted octanol–water partition coefficient (Wildman–Crippen LogP) is 2.73. The number of urea groups is 1. The van der Waals surface area contributed by atoms with Crippen LogP contribution in [0, 0.1) is 11.6 Å². The first-order chi connectivity index (χ1) is 9.47. The van der Waals surface area contributed by atoms with E-state index < -0.39 is 29.2 Å². The first kappa shape index (κ1) is 14.2. The number of nitrogens with one attached hydrogen (secondary N) is 2. The predicted molar refractivity (Wildman–Crippen MR) is 67.7 cm³/mol. The second-order valence-corrected chi connectivity index (χ2v) is 4.70. The topological polar surface area (TPSA) is 78.4 Å².